The number of hydrogen-bond donors (Lipinski definition) is 0. The van der Waals surface area contributed by atoms with Crippen LogP contribution in [0.1, 0.15) is 45.1 Å². The number of benzene rings is 1. The van der Waals surface area contributed by atoms with Gasteiger partial charge in [0, 0.05) is 23.0 Å². The molecule has 0 N–H and O–H groups in total. The lowest BCUT2D eigenvalue weighted by atomic mass is 9.72. The lowest BCUT2D eigenvalue weighted by Crippen LogP contribution is -2.56. The minimum absolute atomic E-state index is 0.525. The Hall–Kier alpha value is -1.01. The van der Waals surface area contributed by atoms with Gasteiger partial charge in [-0.3, -0.25) is 0 Å². The fraction of sp³-hybridized carbons (Fsp3) is 0.562. The van der Waals surface area contributed by atoms with Crippen LogP contribution in [0.15, 0.2) is 22.7 Å². The highest BCUT2D eigenvalue weighted by Gasteiger charge is 2.41. The van der Waals surface area contributed by atoms with Gasteiger partial charge in [0.2, 0.25) is 0 Å². The van der Waals surface area contributed by atoms with Crippen molar-refractivity contribution in [3.05, 3.63) is 28.2 Å². The molecule has 2 rings (SSSR count). The standard InChI is InChI=1S/C16H21BrN2/c1-3-7-16(8-4-2)11-19(12-16)15-6-5-13(10-18)9-14(15)17/h5-6,9H,3-4,7-8,11-12H2,1-2H3. The molecule has 0 aliphatic carbocycles. The van der Waals surface area contributed by atoms with E-state index in [9.17, 15) is 0 Å². The topological polar surface area (TPSA) is 27.0 Å². The quantitative estimate of drug-likeness (QED) is 0.784. The lowest BCUT2D eigenvalue weighted by Gasteiger charge is -2.52. The van der Waals surface area contributed by atoms with Crippen LogP contribution in [0, 0.1) is 16.7 Å². The fourth-order valence-electron chi connectivity index (χ4n) is 3.27. The molecule has 0 amide bonds. The third-order valence-electron chi connectivity index (χ3n) is 4.03. The number of nitriles is 1. The first-order chi connectivity index (χ1) is 9.14. The highest BCUT2D eigenvalue weighted by atomic mass is 79.9. The fourth-order valence-corrected chi connectivity index (χ4v) is 3.90. The van der Waals surface area contributed by atoms with Gasteiger partial charge >= 0.3 is 0 Å². The Morgan fingerprint density at radius 1 is 1.26 bits per heavy atom. The van der Waals surface area contributed by atoms with E-state index >= 15 is 0 Å². The van der Waals surface area contributed by atoms with Crippen LogP contribution in [0.5, 0.6) is 0 Å². The molecule has 0 atom stereocenters. The van der Waals surface area contributed by atoms with E-state index < -0.39 is 0 Å². The van der Waals surface area contributed by atoms with Crippen molar-refractivity contribution in [1.82, 2.24) is 0 Å². The Balaban J connectivity index is 2.09. The van der Waals surface area contributed by atoms with Crippen molar-refractivity contribution in [2.75, 3.05) is 18.0 Å². The zero-order valence-corrected chi connectivity index (χ0v) is 13.3. The van der Waals surface area contributed by atoms with Crippen LogP contribution < -0.4 is 4.90 Å². The van der Waals surface area contributed by atoms with Gasteiger partial charge in [0.1, 0.15) is 0 Å². The minimum Gasteiger partial charge on any atom is -0.369 e. The third-order valence-corrected chi connectivity index (χ3v) is 4.67. The molecular weight excluding hydrogens is 300 g/mol. The van der Waals surface area contributed by atoms with E-state index in [0.717, 1.165) is 17.6 Å². The molecule has 0 saturated carbocycles. The average Bonchev–Trinajstić information content (AvgIpc) is 2.36. The molecule has 0 spiro atoms. The second kappa shape index (κ2) is 5.96. The summed E-state index contributed by atoms with van der Waals surface area (Å²) < 4.78 is 1.04. The monoisotopic (exact) mass is 320 g/mol. The van der Waals surface area contributed by atoms with Crippen LogP contribution in [-0.4, -0.2) is 13.1 Å². The van der Waals surface area contributed by atoms with Crippen molar-refractivity contribution < 1.29 is 0 Å². The van der Waals surface area contributed by atoms with E-state index in [0.29, 0.717) is 11.0 Å². The van der Waals surface area contributed by atoms with Crippen molar-refractivity contribution in [3.8, 4) is 6.07 Å². The summed E-state index contributed by atoms with van der Waals surface area (Å²) in [5.74, 6) is 0. The molecule has 102 valence electrons. The zero-order valence-electron chi connectivity index (χ0n) is 11.7. The van der Waals surface area contributed by atoms with Crippen LogP contribution in [-0.2, 0) is 0 Å². The number of hydrogen-bond acceptors (Lipinski definition) is 2. The van der Waals surface area contributed by atoms with Crippen LogP contribution in [0.2, 0.25) is 0 Å². The first-order valence-electron chi connectivity index (χ1n) is 7.09. The summed E-state index contributed by atoms with van der Waals surface area (Å²) in [5.41, 5.74) is 2.46. The second-order valence-corrected chi connectivity index (χ2v) is 6.49. The SMILES string of the molecule is CCCC1(CCC)CN(c2ccc(C#N)cc2Br)C1. The molecule has 1 saturated heterocycles. The van der Waals surface area contributed by atoms with Crippen molar-refractivity contribution >= 4 is 21.6 Å². The molecule has 1 heterocycles. The first-order valence-corrected chi connectivity index (χ1v) is 7.88. The average molecular weight is 321 g/mol. The molecule has 0 unspecified atom stereocenters. The zero-order chi connectivity index (χ0) is 13.9. The summed E-state index contributed by atoms with van der Waals surface area (Å²) in [4.78, 5) is 2.43. The van der Waals surface area contributed by atoms with E-state index in [1.165, 1.54) is 31.4 Å². The Morgan fingerprint density at radius 2 is 1.89 bits per heavy atom. The Kier molecular flexibility index (Phi) is 4.52. The van der Waals surface area contributed by atoms with Gasteiger partial charge in [-0.1, -0.05) is 26.7 Å². The molecule has 1 fully saturated rings. The summed E-state index contributed by atoms with van der Waals surface area (Å²) in [6.07, 6.45) is 5.18. The van der Waals surface area contributed by atoms with Gasteiger partial charge in [0.25, 0.3) is 0 Å². The highest BCUT2D eigenvalue weighted by Crippen LogP contribution is 2.43. The summed E-state index contributed by atoms with van der Waals surface area (Å²) in [6.45, 7) is 6.85. The van der Waals surface area contributed by atoms with Gasteiger partial charge in [-0.25, -0.2) is 0 Å². The van der Waals surface area contributed by atoms with Crippen LogP contribution in [0.25, 0.3) is 0 Å². The van der Waals surface area contributed by atoms with Crippen molar-refractivity contribution in [2.24, 2.45) is 5.41 Å². The Morgan fingerprint density at radius 3 is 2.37 bits per heavy atom. The maximum absolute atomic E-state index is 8.90. The molecule has 3 heteroatoms. The van der Waals surface area contributed by atoms with Gasteiger partial charge in [0.05, 0.1) is 17.3 Å². The van der Waals surface area contributed by atoms with Gasteiger partial charge in [0.15, 0.2) is 0 Å². The smallest absolute Gasteiger partial charge is 0.0992 e. The normalized spacial score (nSPS) is 16.8. The molecule has 1 aromatic rings. The molecule has 1 aliphatic rings. The predicted octanol–water partition coefficient (Wildman–Crippen LogP) is 4.73. The number of nitrogens with zero attached hydrogens (tertiary/aromatic N) is 2. The Bertz CT molecular complexity index is 476. The molecule has 2 nitrogen and oxygen atoms in total. The van der Waals surface area contributed by atoms with Crippen molar-refractivity contribution in [3.63, 3.8) is 0 Å². The van der Waals surface area contributed by atoms with E-state index in [2.05, 4.69) is 46.8 Å². The molecule has 0 radical (unpaired) electrons. The lowest BCUT2D eigenvalue weighted by molar-refractivity contribution is 0.173. The van der Waals surface area contributed by atoms with Crippen LogP contribution in [0.4, 0.5) is 5.69 Å². The molecule has 0 bridgehead atoms. The van der Waals surface area contributed by atoms with Crippen LogP contribution in [0.3, 0.4) is 0 Å². The number of halogens is 1. The van der Waals surface area contributed by atoms with E-state index in [4.69, 9.17) is 5.26 Å². The molecule has 1 aliphatic heterocycles. The van der Waals surface area contributed by atoms with E-state index in [1.807, 2.05) is 12.1 Å². The minimum atomic E-state index is 0.525. The third kappa shape index (κ3) is 2.95. The molecule has 0 aromatic heterocycles. The summed E-state index contributed by atoms with van der Waals surface area (Å²) in [5, 5.41) is 8.90. The van der Waals surface area contributed by atoms with E-state index in [1.54, 1.807) is 0 Å². The van der Waals surface area contributed by atoms with Crippen molar-refractivity contribution in [1.29, 1.82) is 5.26 Å². The van der Waals surface area contributed by atoms with Crippen LogP contribution >= 0.6 is 15.9 Å². The highest BCUT2D eigenvalue weighted by molar-refractivity contribution is 9.10. The predicted molar refractivity (Wildman–Crippen MR) is 83.3 cm³/mol. The van der Waals surface area contributed by atoms with Gasteiger partial charge in [-0.2, -0.15) is 5.26 Å². The maximum Gasteiger partial charge on any atom is 0.0992 e. The molecule has 19 heavy (non-hydrogen) atoms. The second-order valence-electron chi connectivity index (χ2n) is 5.63. The summed E-state index contributed by atoms with van der Waals surface area (Å²) >= 11 is 3.59. The van der Waals surface area contributed by atoms with Gasteiger partial charge in [-0.15, -0.1) is 0 Å². The van der Waals surface area contributed by atoms with Gasteiger partial charge in [-0.05, 0) is 47.0 Å². The number of anilines is 1. The van der Waals surface area contributed by atoms with Gasteiger partial charge < -0.3 is 4.90 Å². The first kappa shape index (κ1) is 14.4. The Labute approximate surface area is 124 Å². The molecule has 1 aromatic carbocycles. The van der Waals surface area contributed by atoms with E-state index in [-0.39, 0.29) is 0 Å². The number of rotatable bonds is 5. The maximum atomic E-state index is 8.90. The molecular formula is C16H21BrN2. The largest absolute Gasteiger partial charge is 0.369 e. The summed E-state index contributed by atoms with van der Waals surface area (Å²) in [7, 11) is 0. The van der Waals surface area contributed by atoms with Crippen molar-refractivity contribution in [2.45, 2.75) is 39.5 Å². The summed E-state index contributed by atoms with van der Waals surface area (Å²) in [6, 6.07) is 8.05.